The van der Waals surface area contributed by atoms with Gasteiger partial charge in [0.25, 0.3) is 5.91 Å². The largest absolute Gasteiger partial charge is 0.478 e. The molecule has 1 aliphatic heterocycles. The summed E-state index contributed by atoms with van der Waals surface area (Å²) in [6.45, 7) is 3.44. The van der Waals surface area contributed by atoms with Gasteiger partial charge in [0.2, 0.25) is 0 Å². The molecule has 1 saturated heterocycles. The van der Waals surface area contributed by atoms with E-state index in [1.807, 2.05) is 6.92 Å². The number of amides is 1. The van der Waals surface area contributed by atoms with Crippen molar-refractivity contribution >= 4 is 18.3 Å². The number of nitrogens with one attached hydrogen (secondary N) is 2. The molecule has 21 heavy (non-hydrogen) atoms. The van der Waals surface area contributed by atoms with Crippen molar-refractivity contribution in [2.75, 3.05) is 13.1 Å². The fourth-order valence-corrected chi connectivity index (χ4v) is 2.28. The van der Waals surface area contributed by atoms with Gasteiger partial charge in [0.1, 0.15) is 0 Å². The highest BCUT2D eigenvalue weighted by molar-refractivity contribution is 5.85. The molecule has 2 N–H and O–H groups in total. The molecule has 1 aromatic carbocycles. The molecule has 0 aromatic heterocycles. The van der Waals surface area contributed by atoms with Crippen LogP contribution in [0.2, 0.25) is 0 Å². The minimum atomic E-state index is -0.659. The molecule has 2 rings (SSSR count). The smallest absolute Gasteiger partial charge is 0.261 e. The fourth-order valence-electron chi connectivity index (χ4n) is 2.28. The average molecular weight is 317 g/mol. The molecule has 1 aliphatic rings. The Morgan fingerprint density at radius 1 is 1.52 bits per heavy atom. The molecule has 0 saturated carbocycles. The summed E-state index contributed by atoms with van der Waals surface area (Å²) in [6, 6.07) is 6.47. The Kier molecular flexibility index (Phi) is 7.47. The fraction of sp³-hybridized carbons (Fsp3) is 0.533. The second-order valence-corrected chi connectivity index (χ2v) is 4.98. The van der Waals surface area contributed by atoms with E-state index in [2.05, 4.69) is 10.6 Å². The van der Waals surface area contributed by atoms with Gasteiger partial charge < -0.3 is 15.4 Å². The summed E-state index contributed by atoms with van der Waals surface area (Å²) in [5, 5.41) is 6.18. The minimum absolute atomic E-state index is 0. The van der Waals surface area contributed by atoms with Crippen LogP contribution >= 0.6 is 12.4 Å². The summed E-state index contributed by atoms with van der Waals surface area (Å²) in [5.41, 5.74) is 0. The third-order valence-electron chi connectivity index (χ3n) is 3.45. The van der Waals surface area contributed by atoms with Crippen LogP contribution in [0.25, 0.3) is 0 Å². The maximum Gasteiger partial charge on any atom is 0.261 e. The first-order valence-corrected chi connectivity index (χ1v) is 7.13. The number of hydrogen-bond acceptors (Lipinski definition) is 3. The quantitative estimate of drug-likeness (QED) is 0.846. The summed E-state index contributed by atoms with van der Waals surface area (Å²) in [4.78, 5) is 12.1. The number of para-hydroxylation sites is 1. The Hall–Kier alpha value is -1.33. The Morgan fingerprint density at radius 2 is 2.29 bits per heavy atom. The zero-order valence-electron chi connectivity index (χ0n) is 12.1. The van der Waals surface area contributed by atoms with Crippen molar-refractivity contribution in [1.29, 1.82) is 0 Å². The number of rotatable bonds is 6. The molecule has 0 bridgehead atoms. The molecule has 4 nitrogen and oxygen atoms in total. The first kappa shape index (κ1) is 17.7. The molecule has 6 heteroatoms. The summed E-state index contributed by atoms with van der Waals surface area (Å²) < 4.78 is 19.0. The summed E-state index contributed by atoms with van der Waals surface area (Å²) in [7, 11) is 0. The van der Waals surface area contributed by atoms with Gasteiger partial charge in [0, 0.05) is 12.6 Å². The van der Waals surface area contributed by atoms with Crippen LogP contribution < -0.4 is 15.4 Å². The van der Waals surface area contributed by atoms with E-state index < -0.39 is 11.9 Å². The average Bonchev–Trinajstić information content (AvgIpc) is 2.97. The molecule has 0 spiro atoms. The van der Waals surface area contributed by atoms with Crippen molar-refractivity contribution in [1.82, 2.24) is 10.6 Å². The van der Waals surface area contributed by atoms with E-state index in [-0.39, 0.29) is 24.1 Å². The molecule has 118 valence electrons. The maximum absolute atomic E-state index is 13.5. The number of benzene rings is 1. The molecule has 1 fully saturated rings. The molecule has 1 aromatic rings. The third-order valence-corrected chi connectivity index (χ3v) is 3.45. The van der Waals surface area contributed by atoms with E-state index in [9.17, 15) is 9.18 Å². The van der Waals surface area contributed by atoms with Gasteiger partial charge in [-0.3, -0.25) is 4.79 Å². The van der Waals surface area contributed by atoms with Crippen LogP contribution in [0.4, 0.5) is 4.39 Å². The lowest BCUT2D eigenvalue weighted by molar-refractivity contribution is -0.128. The maximum atomic E-state index is 13.5. The lowest BCUT2D eigenvalue weighted by Crippen LogP contribution is -2.43. The molecule has 2 atom stereocenters. The standard InChI is InChI=1S/C15H21FN2O2.ClH/c1-2-13(20-14-8-4-3-7-12(14)16)15(19)18-10-11-6-5-9-17-11;/h3-4,7-8,11,13,17H,2,5-6,9-10H2,1H3,(H,18,19);1H. The lowest BCUT2D eigenvalue weighted by Gasteiger charge is -2.19. The van der Waals surface area contributed by atoms with E-state index in [1.54, 1.807) is 12.1 Å². The number of carbonyl (C=O) groups excluding carboxylic acids is 1. The van der Waals surface area contributed by atoms with Gasteiger partial charge in [0.05, 0.1) is 0 Å². The molecule has 0 aliphatic carbocycles. The molecule has 2 unspecified atom stereocenters. The Morgan fingerprint density at radius 3 is 2.90 bits per heavy atom. The van der Waals surface area contributed by atoms with Gasteiger partial charge >= 0.3 is 0 Å². The summed E-state index contributed by atoms with van der Waals surface area (Å²) >= 11 is 0. The third kappa shape index (κ3) is 5.17. The Labute approximate surface area is 130 Å². The molecule has 1 heterocycles. The van der Waals surface area contributed by atoms with Crippen LogP contribution in [0.3, 0.4) is 0 Å². The van der Waals surface area contributed by atoms with Gasteiger partial charge in [-0.2, -0.15) is 0 Å². The second kappa shape index (κ2) is 8.85. The van der Waals surface area contributed by atoms with E-state index >= 15 is 0 Å². The van der Waals surface area contributed by atoms with Crippen LogP contribution in [-0.2, 0) is 4.79 Å². The van der Waals surface area contributed by atoms with Crippen molar-refractivity contribution < 1.29 is 13.9 Å². The SMILES string of the molecule is CCC(Oc1ccccc1F)C(=O)NCC1CCCN1.Cl. The van der Waals surface area contributed by atoms with Crippen LogP contribution in [0.5, 0.6) is 5.75 Å². The highest BCUT2D eigenvalue weighted by Crippen LogP contribution is 2.18. The zero-order valence-corrected chi connectivity index (χ0v) is 12.9. The predicted molar refractivity (Wildman–Crippen MR) is 82.4 cm³/mol. The van der Waals surface area contributed by atoms with Gasteiger partial charge in [-0.25, -0.2) is 4.39 Å². The molecular formula is C15H22ClFN2O2. The molecular weight excluding hydrogens is 295 g/mol. The first-order valence-electron chi connectivity index (χ1n) is 7.13. The molecule has 1 amide bonds. The van der Waals surface area contributed by atoms with E-state index in [4.69, 9.17) is 4.74 Å². The van der Waals surface area contributed by atoms with E-state index in [1.165, 1.54) is 12.1 Å². The summed E-state index contributed by atoms with van der Waals surface area (Å²) in [5.74, 6) is -0.519. The van der Waals surface area contributed by atoms with Gasteiger partial charge in [-0.15, -0.1) is 12.4 Å². The van der Waals surface area contributed by atoms with Crippen molar-refractivity contribution in [3.63, 3.8) is 0 Å². The van der Waals surface area contributed by atoms with Gasteiger partial charge in [-0.1, -0.05) is 19.1 Å². The predicted octanol–water partition coefficient (Wildman–Crippen LogP) is 2.27. The summed E-state index contributed by atoms with van der Waals surface area (Å²) in [6.07, 6.45) is 2.06. The highest BCUT2D eigenvalue weighted by Gasteiger charge is 2.21. The van der Waals surface area contributed by atoms with Crippen molar-refractivity contribution in [2.24, 2.45) is 0 Å². The minimum Gasteiger partial charge on any atom is -0.478 e. The number of ether oxygens (including phenoxy) is 1. The first-order chi connectivity index (χ1) is 9.70. The van der Waals surface area contributed by atoms with Crippen LogP contribution in [0.15, 0.2) is 24.3 Å². The Balaban J connectivity index is 0.00000220. The number of hydrogen-bond donors (Lipinski definition) is 2. The lowest BCUT2D eigenvalue weighted by atomic mass is 10.2. The monoisotopic (exact) mass is 316 g/mol. The normalized spacial score (nSPS) is 18.7. The van der Waals surface area contributed by atoms with Gasteiger partial charge in [-0.05, 0) is 37.9 Å². The number of carbonyl (C=O) groups is 1. The zero-order chi connectivity index (χ0) is 14.4. The highest BCUT2D eigenvalue weighted by atomic mass is 35.5. The van der Waals surface area contributed by atoms with Crippen LogP contribution in [-0.4, -0.2) is 31.1 Å². The van der Waals surface area contributed by atoms with E-state index in [0.29, 0.717) is 19.0 Å². The second-order valence-electron chi connectivity index (χ2n) is 4.98. The topological polar surface area (TPSA) is 50.4 Å². The Bertz CT molecular complexity index is 453. The van der Waals surface area contributed by atoms with Crippen molar-refractivity contribution in [3.05, 3.63) is 30.1 Å². The number of halogens is 2. The van der Waals surface area contributed by atoms with Crippen molar-refractivity contribution in [2.45, 2.75) is 38.3 Å². The molecule has 0 radical (unpaired) electrons. The van der Waals surface area contributed by atoms with Crippen LogP contribution in [0.1, 0.15) is 26.2 Å². The van der Waals surface area contributed by atoms with Gasteiger partial charge in [0.15, 0.2) is 17.7 Å². The van der Waals surface area contributed by atoms with Crippen molar-refractivity contribution in [3.8, 4) is 5.75 Å². The van der Waals surface area contributed by atoms with E-state index in [0.717, 1.165) is 19.4 Å². The van der Waals surface area contributed by atoms with Crippen LogP contribution in [0, 0.1) is 5.82 Å².